The topological polar surface area (TPSA) is 49.3 Å². The van der Waals surface area contributed by atoms with Gasteiger partial charge in [0.1, 0.15) is 11.6 Å². The van der Waals surface area contributed by atoms with Gasteiger partial charge in [-0.2, -0.15) is 0 Å². The van der Waals surface area contributed by atoms with E-state index in [2.05, 4.69) is 5.32 Å². The quantitative estimate of drug-likeness (QED) is 0.880. The number of hydrogen-bond acceptors (Lipinski definition) is 2. The summed E-state index contributed by atoms with van der Waals surface area (Å²) in [6.45, 7) is 0. The van der Waals surface area contributed by atoms with Crippen LogP contribution >= 0.6 is 0 Å². The van der Waals surface area contributed by atoms with Crippen LogP contribution in [0.15, 0.2) is 48.5 Å². The molecule has 2 N–H and O–H groups in total. The normalized spacial score (nSPS) is 17.0. The lowest BCUT2D eigenvalue weighted by molar-refractivity contribution is -0.126. The minimum absolute atomic E-state index is 0.103. The van der Waals surface area contributed by atoms with Crippen molar-refractivity contribution in [2.75, 3.05) is 0 Å². The molecule has 2 aromatic rings. The molecule has 5 heteroatoms. The molecular formula is C19H19F2NO2. The number of carbonyl (C=O) groups is 1. The van der Waals surface area contributed by atoms with E-state index in [0.29, 0.717) is 24.0 Å². The molecule has 0 saturated heterocycles. The summed E-state index contributed by atoms with van der Waals surface area (Å²) in [6.07, 6.45) is 1.04. The van der Waals surface area contributed by atoms with Crippen LogP contribution in [0.25, 0.3) is 0 Å². The first-order valence-corrected chi connectivity index (χ1v) is 8.00. The highest BCUT2D eigenvalue weighted by atomic mass is 19.1. The molecular weight excluding hydrogens is 312 g/mol. The molecule has 0 heterocycles. The van der Waals surface area contributed by atoms with Crippen LogP contribution in [0.1, 0.15) is 42.9 Å². The fourth-order valence-electron chi connectivity index (χ4n) is 3.16. The monoisotopic (exact) mass is 331 g/mol. The van der Waals surface area contributed by atoms with Gasteiger partial charge in [0.15, 0.2) is 0 Å². The Bertz CT molecular complexity index is 729. The summed E-state index contributed by atoms with van der Waals surface area (Å²) in [4.78, 5) is 12.3. The molecule has 1 atom stereocenters. The van der Waals surface area contributed by atoms with Gasteiger partial charge in [0.2, 0.25) is 5.91 Å². The van der Waals surface area contributed by atoms with Crippen LogP contribution in [0.5, 0.6) is 0 Å². The van der Waals surface area contributed by atoms with Crippen molar-refractivity contribution in [2.24, 2.45) is 0 Å². The minimum Gasteiger partial charge on any atom is -0.388 e. The first-order valence-electron chi connectivity index (χ1n) is 8.00. The Balaban J connectivity index is 1.72. The largest absolute Gasteiger partial charge is 0.388 e. The first kappa shape index (κ1) is 16.6. The van der Waals surface area contributed by atoms with Crippen LogP contribution in [0, 0.1) is 11.6 Å². The number of hydrogen-bond donors (Lipinski definition) is 2. The van der Waals surface area contributed by atoms with E-state index in [1.807, 2.05) is 6.07 Å². The molecule has 2 aromatic carbocycles. The van der Waals surface area contributed by atoms with Gasteiger partial charge in [0.05, 0.1) is 18.1 Å². The fourth-order valence-corrected chi connectivity index (χ4v) is 3.16. The van der Waals surface area contributed by atoms with Crippen molar-refractivity contribution in [3.05, 3.63) is 71.3 Å². The molecule has 3 nitrogen and oxygen atoms in total. The number of carbonyl (C=O) groups excluding carboxylic acids is 1. The average Bonchev–Trinajstić information content (AvgIpc) is 2.52. The lowest BCUT2D eigenvalue weighted by Crippen LogP contribution is -2.51. The average molecular weight is 331 g/mol. The van der Waals surface area contributed by atoms with Crippen LogP contribution in [0.4, 0.5) is 8.78 Å². The molecule has 1 aliphatic rings. The molecule has 0 spiro atoms. The lowest BCUT2D eigenvalue weighted by Gasteiger charge is -2.43. The van der Waals surface area contributed by atoms with E-state index in [1.54, 1.807) is 24.3 Å². The molecule has 1 amide bonds. The standard InChI is InChI=1S/C19H19F2NO2/c20-14-7-8-15(16(21)11-14)19(9-4-10-19)22-18(24)12-17(23)13-5-2-1-3-6-13/h1-3,5-8,11,17,23H,4,9-10,12H2,(H,22,24). The molecule has 1 aliphatic carbocycles. The first-order chi connectivity index (χ1) is 11.5. The maximum absolute atomic E-state index is 14.1. The predicted molar refractivity (Wildman–Crippen MR) is 86.0 cm³/mol. The Morgan fingerprint density at radius 2 is 1.88 bits per heavy atom. The molecule has 0 aliphatic heterocycles. The van der Waals surface area contributed by atoms with Crippen molar-refractivity contribution in [2.45, 2.75) is 37.3 Å². The van der Waals surface area contributed by atoms with E-state index in [0.717, 1.165) is 12.5 Å². The van der Waals surface area contributed by atoms with Crippen LogP contribution in [0.3, 0.4) is 0 Å². The van der Waals surface area contributed by atoms with Crippen molar-refractivity contribution in [1.29, 1.82) is 0 Å². The van der Waals surface area contributed by atoms with Crippen molar-refractivity contribution in [3.63, 3.8) is 0 Å². The second-order valence-corrected chi connectivity index (χ2v) is 6.24. The summed E-state index contributed by atoms with van der Waals surface area (Å²) in [5.74, 6) is -1.65. The predicted octanol–water partition coefficient (Wildman–Crippen LogP) is 3.58. The number of aliphatic hydroxyl groups is 1. The molecule has 126 valence electrons. The molecule has 24 heavy (non-hydrogen) atoms. The van der Waals surface area contributed by atoms with Gasteiger partial charge >= 0.3 is 0 Å². The van der Waals surface area contributed by atoms with E-state index in [1.165, 1.54) is 12.1 Å². The minimum atomic E-state index is -0.915. The zero-order chi connectivity index (χ0) is 17.2. The molecule has 1 saturated carbocycles. The molecule has 0 radical (unpaired) electrons. The van der Waals surface area contributed by atoms with E-state index in [-0.39, 0.29) is 12.3 Å². The molecule has 3 rings (SSSR count). The zero-order valence-electron chi connectivity index (χ0n) is 13.1. The van der Waals surface area contributed by atoms with Crippen LogP contribution in [-0.4, -0.2) is 11.0 Å². The van der Waals surface area contributed by atoms with Crippen molar-refractivity contribution < 1.29 is 18.7 Å². The number of halogens is 2. The van der Waals surface area contributed by atoms with E-state index < -0.39 is 23.3 Å². The summed E-state index contributed by atoms with van der Waals surface area (Å²) in [6, 6.07) is 12.3. The summed E-state index contributed by atoms with van der Waals surface area (Å²) in [5, 5.41) is 13.0. The van der Waals surface area contributed by atoms with Gasteiger partial charge in [0.25, 0.3) is 0 Å². The van der Waals surface area contributed by atoms with Gasteiger partial charge in [-0.05, 0) is 30.9 Å². The summed E-state index contributed by atoms with van der Waals surface area (Å²) in [5.41, 5.74) is 0.159. The highest BCUT2D eigenvalue weighted by molar-refractivity contribution is 5.78. The van der Waals surface area contributed by atoms with Gasteiger partial charge in [-0.15, -0.1) is 0 Å². The van der Waals surface area contributed by atoms with Crippen molar-refractivity contribution in [1.82, 2.24) is 5.32 Å². The van der Waals surface area contributed by atoms with Crippen LogP contribution in [-0.2, 0) is 10.3 Å². The lowest BCUT2D eigenvalue weighted by atomic mass is 9.71. The number of amides is 1. The van der Waals surface area contributed by atoms with E-state index >= 15 is 0 Å². The highest BCUT2D eigenvalue weighted by Crippen LogP contribution is 2.42. The summed E-state index contributed by atoms with van der Waals surface area (Å²) < 4.78 is 27.2. The number of benzene rings is 2. The van der Waals surface area contributed by atoms with Gasteiger partial charge < -0.3 is 10.4 Å². The fraction of sp³-hybridized carbons (Fsp3) is 0.316. The Morgan fingerprint density at radius 3 is 2.46 bits per heavy atom. The van der Waals surface area contributed by atoms with Gasteiger partial charge in [-0.1, -0.05) is 36.4 Å². The Labute approximate surface area is 139 Å². The van der Waals surface area contributed by atoms with Crippen LogP contribution < -0.4 is 5.32 Å². The second-order valence-electron chi connectivity index (χ2n) is 6.24. The third-order valence-electron chi connectivity index (χ3n) is 4.60. The van der Waals surface area contributed by atoms with Gasteiger partial charge in [-0.3, -0.25) is 4.79 Å². The van der Waals surface area contributed by atoms with Crippen molar-refractivity contribution in [3.8, 4) is 0 Å². The third kappa shape index (κ3) is 3.31. The number of rotatable bonds is 5. The van der Waals surface area contributed by atoms with Crippen LogP contribution in [0.2, 0.25) is 0 Å². The molecule has 1 fully saturated rings. The highest BCUT2D eigenvalue weighted by Gasteiger charge is 2.42. The second kappa shape index (κ2) is 6.69. The van der Waals surface area contributed by atoms with Gasteiger partial charge in [0, 0.05) is 11.6 Å². The Morgan fingerprint density at radius 1 is 1.17 bits per heavy atom. The Kier molecular flexibility index (Phi) is 4.62. The molecule has 0 aromatic heterocycles. The van der Waals surface area contributed by atoms with E-state index in [4.69, 9.17) is 0 Å². The summed E-state index contributed by atoms with van der Waals surface area (Å²) >= 11 is 0. The molecule has 0 bridgehead atoms. The number of nitrogens with one attached hydrogen (secondary N) is 1. The zero-order valence-corrected chi connectivity index (χ0v) is 13.1. The van der Waals surface area contributed by atoms with E-state index in [9.17, 15) is 18.7 Å². The van der Waals surface area contributed by atoms with Crippen molar-refractivity contribution >= 4 is 5.91 Å². The molecule has 1 unspecified atom stereocenters. The Hall–Kier alpha value is -2.27. The number of aliphatic hydroxyl groups excluding tert-OH is 1. The SMILES string of the molecule is O=C(CC(O)c1ccccc1)NC1(c2ccc(F)cc2F)CCC1. The maximum atomic E-state index is 14.1. The third-order valence-corrected chi connectivity index (χ3v) is 4.60. The maximum Gasteiger partial charge on any atom is 0.223 e. The summed E-state index contributed by atoms with van der Waals surface area (Å²) in [7, 11) is 0. The smallest absolute Gasteiger partial charge is 0.223 e. The van der Waals surface area contributed by atoms with Gasteiger partial charge in [-0.25, -0.2) is 8.78 Å².